The van der Waals surface area contributed by atoms with Crippen molar-refractivity contribution in [2.45, 2.75) is 13.3 Å². The summed E-state index contributed by atoms with van der Waals surface area (Å²) in [5.74, 6) is -0.108. The van der Waals surface area contributed by atoms with Crippen LogP contribution in [0.2, 0.25) is 0 Å². The Morgan fingerprint density at radius 2 is 1.92 bits per heavy atom. The van der Waals surface area contributed by atoms with E-state index >= 15 is 0 Å². The molecular weight excluding hydrogens is 322 g/mol. The van der Waals surface area contributed by atoms with Gasteiger partial charge in [-0.2, -0.15) is 0 Å². The molecule has 0 amide bonds. The minimum absolute atomic E-state index is 0.0369. The molecule has 0 atom stereocenters. The van der Waals surface area contributed by atoms with E-state index in [1.54, 1.807) is 7.11 Å². The maximum atomic E-state index is 11.2. The van der Waals surface area contributed by atoms with Crippen LogP contribution in [0.1, 0.15) is 10.4 Å². The van der Waals surface area contributed by atoms with Crippen molar-refractivity contribution in [1.82, 2.24) is 4.98 Å². The van der Waals surface area contributed by atoms with Gasteiger partial charge < -0.3 is 9.84 Å². The predicted molar refractivity (Wildman–Crippen MR) is 95.6 cm³/mol. The van der Waals surface area contributed by atoms with Crippen molar-refractivity contribution in [2.75, 3.05) is 7.11 Å². The lowest BCUT2D eigenvalue weighted by Crippen LogP contribution is -1.99. The Kier molecular flexibility index (Phi) is 4.62. The van der Waals surface area contributed by atoms with Gasteiger partial charge in [-0.15, -0.1) is 11.3 Å². The number of aliphatic carboxylic acids is 1. The molecule has 0 saturated carbocycles. The van der Waals surface area contributed by atoms with Gasteiger partial charge in [0.05, 0.1) is 19.2 Å². The van der Waals surface area contributed by atoms with Crippen LogP contribution >= 0.6 is 11.3 Å². The first-order chi connectivity index (χ1) is 11.6. The molecule has 0 aliphatic rings. The van der Waals surface area contributed by atoms with E-state index in [9.17, 15) is 9.90 Å². The van der Waals surface area contributed by atoms with Crippen LogP contribution in [0.25, 0.3) is 21.8 Å². The summed E-state index contributed by atoms with van der Waals surface area (Å²) < 4.78 is 5.26. The Bertz CT molecular complexity index is 869. The second-order valence-electron chi connectivity index (χ2n) is 5.46. The topological polar surface area (TPSA) is 59.4 Å². The SMILES string of the molecule is COc1cccc(-c2nc(-c3ccc(C)cc3)c(CC(=O)O)s2)c1. The molecule has 0 bridgehead atoms. The number of nitrogens with zero attached hydrogens (tertiary/aromatic N) is 1. The van der Waals surface area contributed by atoms with Gasteiger partial charge >= 0.3 is 5.97 Å². The van der Waals surface area contributed by atoms with Crippen molar-refractivity contribution in [1.29, 1.82) is 0 Å². The molecule has 5 heteroatoms. The number of hydrogen-bond donors (Lipinski definition) is 1. The zero-order chi connectivity index (χ0) is 17.1. The van der Waals surface area contributed by atoms with Crippen LogP contribution in [0.4, 0.5) is 0 Å². The molecule has 122 valence electrons. The van der Waals surface area contributed by atoms with Crippen LogP contribution < -0.4 is 4.74 Å². The summed E-state index contributed by atoms with van der Waals surface area (Å²) in [5.41, 5.74) is 3.74. The van der Waals surface area contributed by atoms with Crippen molar-refractivity contribution < 1.29 is 14.6 Å². The minimum Gasteiger partial charge on any atom is -0.497 e. The Balaban J connectivity index is 2.08. The fourth-order valence-electron chi connectivity index (χ4n) is 2.43. The standard InChI is InChI=1S/C19H17NO3S/c1-12-6-8-13(9-7-12)18-16(11-17(21)22)24-19(20-18)14-4-3-5-15(10-14)23-2/h3-10H,11H2,1-2H3,(H,21,22). The number of carboxylic acid groups (broad SMARTS) is 1. The van der Waals surface area contributed by atoms with Gasteiger partial charge in [0.15, 0.2) is 0 Å². The number of ether oxygens (including phenoxy) is 1. The molecule has 0 fully saturated rings. The van der Waals surface area contributed by atoms with Gasteiger partial charge in [-0.25, -0.2) is 4.98 Å². The van der Waals surface area contributed by atoms with E-state index in [0.717, 1.165) is 38.0 Å². The highest BCUT2D eigenvalue weighted by atomic mass is 32.1. The van der Waals surface area contributed by atoms with Crippen LogP contribution in [0, 0.1) is 6.92 Å². The molecule has 2 aromatic carbocycles. The normalized spacial score (nSPS) is 10.6. The Morgan fingerprint density at radius 1 is 1.17 bits per heavy atom. The lowest BCUT2D eigenvalue weighted by molar-refractivity contribution is -0.136. The second kappa shape index (κ2) is 6.84. The molecule has 3 aromatic rings. The van der Waals surface area contributed by atoms with E-state index in [2.05, 4.69) is 0 Å². The third-order valence-electron chi connectivity index (χ3n) is 3.65. The summed E-state index contributed by atoms with van der Waals surface area (Å²) in [5, 5.41) is 10.00. The Hall–Kier alpha value is -2.66. The van der Waals surface area contributed by atoms with E-state index in [1.165, 1.54) is 11.3 Å². The highest BCUT2D eigenvalue weighted by molar-refractivity contribution is 7.15. The largest absolute Gasteiger partial charge is 0.497 e. The molecule has 3 rings (SSSR count). The van der Waals surface area contributed by atoms with Gasteiger partial charge in [-0.05, 0) is 19.1 Å². The van der Waals surface area contributed by atoms with E-state index in [1.807, 2.05) is 55.5 Å². The van der Waals surface area contributed by atoms with Crippen molar-refractivity contribution in [3.63, 3.8) is 0 Å². The molecule has 0 unspecified atom stereocenters. The quantitative estimate of drug-likeness (QED) is 0.747. The van der Waals surface area contributed by atoms with Crippen LogP contribution in [0.15, 0.2) is 48.5 Å². The van der Waals surface area contributed by atoms with Gasteiger partial charge in [-0.1, -0.05) is 42.0 Å². The van der Waals surface area contributed by atoms with Gasteiger partial charge in [0, 0.05) is 16.0 Å². The predicted octanol–water partition coefficient (Wildman–Crippen LogP) is 4.42. The first kappa shape index (κ1) is 16.2. The van der Waals surface area contributed by atoms with Crippen molar-refractivity contribution >= 4 is 17.3 Å². The fraction of sp³-hybridized carbons (Fsp3) is 0.158. The first-order valence-corrected chi connectivity index (χ1v) is 8.31. The Morgan fingerprint density at radius 3 is 2.58 bits per heavy atom. The maximum absolute atomic E-state index is 11.2. The van der Waals surface area contributed by atoms with E-state index in [0.29, 0.717) is 0 Å². The second-order valence-corrected chi connectivity index (χ2v) is 6.54. The highest BCUT2D eigenvalue weighted by Crippen LogP contribution is 2.35. The molecule has 1 aromatic heterocycles. The van der Waals surface area contributed by atoms with Gasteiger partial charge in [-0.3, -0.25) is 4.79 Å². The van der Waals surface area contributed by atoms with E-state index in [4.69, 9.17) is 9.72 Å². The number of methoxy groups -OCH3 is 1. The monoisotopic (exact) mass is 339 g/mol. The van der Waals surface area contributed by atoms with Crippen LogP contribution in [-0.2, 0) is 11.2 Å². The number of carboxylic acids is 1. The van der Waals surface area contributed by atoms with E-state index in [-0.39, 0.29) is 6.42 Å². The number of carbonyl (C=O) groups is 1. The van der Waals surface area contributed by atoms with E-state index < -0.39 is 5.97 Å². The summed E-state index contributed by atoms with van der Waals surface area (Å²) in [6.07, 6.45) is -0.0369. The third kappa shape index (κ3) is 3.46. The molecule has 0 aliphatic heterocycles. The number of rotatable bonds is 5. The smallest absolute Gasteiger partial charge is 0.308 e. The third-order valence-corrected chi connectivity index (χ3v) is 4.76. The summed E-state index contributed by atoms with van der Waals surface area (Å²) in [6, 6.07) is 15.6. The molecule has 24 heavy (non-hydrogen) atoms. The van der Waals surface area contributed by atoms with Crippen molar-refractivity contribution in [3.05, 3.63) is 59.0 Å². The van der Waals surface area contributed by atoms with Gasteiger partial charge in [0.25, 0.3) is 0 Å². The number of thiazole rings is 1. The van der Waals surface area contributed by atoms with Crippen LogP contribution in [0.5, 0.6) is 5.75 Å². The average Bonchev–Trinajstić information content (AvgIpc) is 2.99. The van der Waals surface area contributed by atoms with Crippen LogP contribution in [-0.4, -0.2) is 23.2 Å². The zero-order valence-electron chi connectivity index (χ0n) is 13.4. The number of aryl methyl sites for hydroxylation is 1. The van der Waals surface area contributed by atoms with Crippen molar-refractivity contribution in [2.24, 2.45) is 0 Å². The molecule has 1 N–H and O–H groups in total. The lowest BCUT2D eigenvalue weighted by Gasteiger charge is -2.01. The van der Waals surface area contributed by atoms with Gasteiger partial charge in [0.1, 0.15) is 10.8 Å². The molecular formula is C19H17NO3S. The highest BCUT2D eigenvalue weighted by Gasteiger charge is 2.17. The molecule has 0 spiro atoms. The number of aromatic nitrogens is 1. The average molecular weight is 339 g/mol. The van der Waals surface area contributed by atoms with Gasteiger partial charge in [0.2, 0.25) is 0 Å². The summed E-state index contributed by atoms with van der Waals surface area (Å²) in [4.78, 5) is 16.7. The number of hydrogen-bond acceptors (Lipinski definition) is 4. The molecule has 0 saturated heterocycles. The molecule has 0 aliphatic carbocycles. The van der Waals surface area contributed by atoms with Crippen LogP contribution in [0.3, 0.4) is 0 Å². The summed E-state index contributed by atoms with van der Waals surface area (Å²) in [7, 11) is 1.62. The minimum atomic E-state index is -0.857. The maximum Gasteiger partial charge on any atom is 0.308 e. The summed E-state index contributed by atoms with van der Waals surface area (Å²) >= 11 is 1.41. The molecule has 0 radical (unpaired) electrons. The Labute approximate surface area is 144 Å². The molecule has 1 heterocycles. The first-order valence-electron chi connectivity index (χ1n) is 7.50. The zero-order valence-corrected chi connectivity index (χ0v) is 14.3. The van der Waals surface area contributed by atoms with Crippen molar-refractivity contribution in [3.8, 4) is 27.6 Å². The fourth-order valence-corrected chi connectivity index (χ4v) is 3.50. The summed E-state index contributed by atoms with van der Waals surface area (Å²) in [6.45, 7) is 2.02. The lowest BCUT2D eigenvalue weighted by atomic mass is 10.1. The number of benzene rings is 2. The molecule has 4 nitrogen and oxygen atoms in total.